The molecule has 2 aliphatic heterocycles. The summed E-state index contributed by atoms with van der Waals surface area (Å²) >= 11 is 0. The molecule has 1 unspecified atom stereocenters. The Labute approximate surface area is 185 Å². The van der Waals surface area contributed by atoms with Crippen LogP contribution in [0, 0.1) is 11.3 Å². The van der Waals surface area contributed by atoms with E-state index in [0.29, 0.717) is 6.54 Å². The molecule has 4 heteroatoms. The van der Waals surface area contributed by atoms with Crippen molar-refractivity contribution in [3.63, 3.8) is 0 Å². The van der Waals surface area contributed by atoms with Gasteiger partial charge in [-0.1, -0.05) is 62.4 Å². The van der Waals surface area contributed by atoms with E-state index in [0.717, 1.165) is 44.3 Å². The van der Waals surface area contributed by atoms with Gasteiger partial charge in [-0.3, -0.25) is 9.69 Å². The topological polar surface area (TPSA) is 48.1 Å². The second-order valence-electron chi connectivity index (χ2n) is 9.37. The van der Waals surface area contributed by atoms with Gasteiger partial charge in [0.15, 0.2) is 0 Å². The van der Waals surface area contributed by atoms with Gasteiger partial charge in [0, 0.05) is 41.0 Å². The van der Waals surface area contributed by atoms with Crippen molar-refractivity contribution >= 4 is 16.8 Å². The lowest BCUT2D eigenvalue weighted by Crippen LogP contribution is -2.54. The van der Waals surface area contributed by atoms with E-state index in [4.69, 9.17) is 0 Å². The summed E-state index contributed by atoms with van der Waals surface area (Å²) in [6, 6.07) is 19.1. The van der Waals surface area contributed by atoms with Crippen LogP contribution < -0.4 is 5.32 Å². The molecule has 2 aromatic carbocycles. The van der Waals surface area contributed by atoms with E-state index in [1.165, 1.54) is 22.2 Å². The maximum atomic E-state index is 13.4. The van der Waals surface area contributed by atoms with Crippen molar-refractivity contribution in [2.75, 3.05) is 13.1 Å². The van der Waals surface area contributed by atoms with Crippen LogP contribution in [0.4, 0.5) is 0 Å². The Bertz CT molecular complexity index is 1070. The van der Waals surface area contributed by atoms with Crippen molar-refractivity contribution in [2.45, 2.75) is 52.1 Å². The number of hydrogen-bond donors (Lipinski definition) is 2. The lowest BCUT2D eigenvalue weighted by atomic mass is 9.61. The van der Waals surface area contributed by atoms with Gasteiger partial charge in [0.1, 0.15) is 0 Å². The Kier molecular flexibility index (Phi) is 5.35. The third-order valence-corrected chi connectivity index (χ3v) is 7.99. The molecule has 1 fully saturated rings. The average molecular weight is 416 g/mol. The molecule has 0 aliphatic carbocycles. The molecule has 0 bridgehead atoms. The van der Waals surface area contributed by atoms with Crippen LogP contribution >= 0.6 is 0 Å². The van der Waals surface area contributed by atoms with E-state index in [2.05, 4.69) is 65.4 Å². The number of benzene rings is 2. The summed E-state index contributed by atoms with van der Waals surface area (Å²) in [6.45, 7) is 7.24. The first-order valence-electron chi connectivity index (χ1n) is 11.8. The first-order valence-corrected chi connectivity index (χ1v) is 11.8. The predicted molar refractivity (Wildman–Crippen MR) is 126 cm³/mol. The minimum absolute atomic E-state index is 0.0497. The summed E-state index contributed by atoms with van der Waals surface area (Å²) in [6.07, 6.45) is 4.35. The average Bonchev–Trinajstić information content (AvgIpc) is 3.21. The zero-order valence-corrected chi connectivity index (χ0v) is 18.7. The molecule has 1 saturated heterocycles. The molecule has 2 N–H and O–H groups in total. The number of fused-ring (bicyclic) bond motifs is 5. The number of hydrogen-bond acceptors (Lipinski definition) is 2. The maximum Gasteiger partial charge on any atom is 0.223 e. The van der Waals surface area contributed by atoms with Crippen LogP contribution in [0.15, 0.2) is 54.6 Å². The number of nitrogens with zero attached hydrogens (tertiary/aromatic N) is 1. The van der Waals surface area contributed by atoms with Gasteiger partial charge in [-0.05, 0) is 49.4 Å². The predicted octanol–water partition coefficient (Wildman–Crippen LogP) is 5.21. The molecule has 3 atom stereocenters. The van der Waals surface area contributed by atoms with Crippen LogP contribution in [0.3, 0.4) is 0 Å². The van der Waals surface area contributed by atoms with Crippen molar-refractivity contribution in [3.05, 3.63) is 71.4 Å². The number of aromatic amines is 1. The Morgan fingerprint density at radius 1 is 1.16 bits per heavy atom. The van der Waals surface area contributed by atoms with Gasteiger partial charge in [-0.2, -0.15) is 0 Å². The van der Waals surface area contributed by atoms with Crippen molar-refractivity contribution in [1.82, 2.24) is 15.2 Å². The SMILES string of the molecule is CC[C@@]1(C(C)C(=O)NCc2ccccc2)CCCN2CCc3c([nH]c4ccccc34)[C@@H]21. The fourth-order valence-electron chi connectivity index (χ4n) is 6.26. The van der Waals surface area contributed by atoms with Crippen molar-refractivity contribution in [3.8, 4) is 0 Å². The number of para-hydroxylation sites is 1. The van der Waals surface area contributed by atoms with E-state index in [1.54, 1.807) is 0 Å². The summed E-state index contributed by atoms with van der Waals surface area (Å²) in [5.41, 5.74) is 5.14. The van der Waals surface area contributed by atoms with Crippen LogP contribution in [0.25, 0.3) is 10.9 Å². The monoisotopic (exact) mass is 415 g/mol. The van der Waals surface area contributed by atoms with E-state index < -0.39 is 0 Å². The molecular formula is C27H33N3O. The number of rotatable bonds is 5. The highest BCUT2D eigenvalue weighted by molar-refractivity contribution is 5.85. The van der Waals surface area contributed by atoms with Crippen LogP contribution in [-0.2, 0) is 17.8 Å². The summed E-state index contributed by atoms with van der Waals surface area (Å²) in [4.78, 5) is 19.8. The number of piperidine rings is 1. The Hall–Kier alpha value is -2.59. The normalized spacial score (nSPS) is 24.4. The second-order valence-corrected chi connectivity index (χ2v) is 9.37. The lowest BCUT2D eigenvalue weighted by Gasteiger charge is -2.54. The van der Waals surface area contributed by atoms with Crippen LogP contribution in [-0.4, -0.2) is 28.9 Å². The van der Waals surface area contributed by atoms with Crippen LogP contribution in [0.5, 0.6) is 0 Å². The number of nitrogens with one attached hydrogen (secondary N) is 2. The van der Waals surface area contributed by atoms with E-state index >= 15 is 0 Å². The molecule has 0 saturated carbocycles. The zero-order chi connectivity index (χ0) is 21.4. The van der Waals surface area contributed by atoms with Crippen LogP contribution in [0.1, 0.15) is 56.0 Å². The van der Waals surface area contributed by atoms with Crippen molar-refractivity contribution in [2.24, 2.45) is 11.3 Å². The van der Waals surface area contributed by atoms with Crippen LogP contribution in [0.2, 0.25) is 0 Å². The molecule has 31 heavy (non-hydrogen) atoms. The summed E-state index contributed by atoms with van der Waals surface area (Å²) in [7, 11) is 0. The molecule has 1 amide bonds. The highest BCUT2D eigenvalue weighted by Crippen LogP contribution is 2.55. The summed E-state index contributed by atoms with van der Waals surface area (Å²) < 4.78 is 0. The highest BCUT2D eigenvalue weighted by atomic mass is 16.1. The fourth-order valence-corrected chi connectivity index (χ4v) is 6.26. The summed E-state index contributed by atoms with van der Waals surface area (Å²) in [5.74, 6) is 0.127. The molecular weight excluding hydrogens is 382 g/mol. The van der Waals surface area contributed by atoms with E-state index in [-0.39, 0.29) is 23.3 Å². The molecule has 4 nitrogen and oxygen atoms in total. The number of aromatic nitrogens is 1. The Balaban J connectivity index is 1.48. The molecule has 0 radical (unpaired) electrons. The van der Waals surface area contributed by atoms with E-state index in [9.17, 15) is 4.79 Å². The third kappa shape index (κ3) is 3.38. The molecule has 3 heterocycles. The van der Waals surface area contributed by atoms with Gasteiger partial charge in [-0.15, -0.1) is 0 Å². The smallest absolute Gasteiger partial charge is 0.223 e. The second kappa shape index (κ2) is 8.16. The number of H-pyrrole nitrogens is 1. The van der Waals surface area contributed by atoms with E-state index in [1.807, 2.05) is 18.2 Å². The van der Waals surface area contributed by atoms with Gasteiger partial charge in [0.25, 0.3) is 0 Å². The first kappa shape index (κ1) is 20.3. The maximum absolute atomic E-state index is 13.4. The fraction of sp³-hybridized carbons (Fsp3) is 0.444. The highest BCUT2D eigenvalue weighted by Gasteiger charge is 2.52. The number of carbonyl (C=O) groups excluding carboxylic acids is 1. The molecule has 5 rings (SSSR count). The van der Waals surface area contributed by atoms with Crippen molar-refractivity contribution < 1.29 is 4.79 Å². The quantitative estimate of drug-likeness (QED) is 0.601. The summed E-state index contributed by atoms with van der Waals surface area (Å²) in [5, 5.41) is 4.59. The number of carbonyl (C=O) groups is 1. The minimum Gasteiger partial charge on any atom is -0.357 e. The van der Waals surface area contributed by atoms with Crippen molar-refractivity contribution in [1.29, 1.82) is 0 Å². The Morgan fingerprint density at radius 3 is 2.74 bits per heavy atom. The molecule has 1 aromatic heterocycles. The van der Waals surface area contributed by atoms with Gasteiger partial charge in [0.2, 0.25) is 5.91 Å². The zero-order valence-electron chi connectivity index (χ0n) is 18.7. The standard InChI is InChI=1S/C27H33N3O/c1-3-27(19(2)26(31)28-18-20-10-5-4-6-11-20)15-9-16-30-17-14-22-21-12-7-8-13-23(21)29-24(22)25(27)30/h4-8,10-13,19,25,29H,3,9,14-18H2,1-2H3,(H,28,31)/t19?,25-,27+/m1/s1. The van der Waals surface area contributed by atoms with Gasteiger partial charge < -0.3 is 10.3 Å². The largest absolute Gasteiger partial charge is 0.357 e. The molecule has 3 aromatic rings. The Morgan fingerprint density at radius 2 is 1.94 bits per heavy atom. The molecule has 0 spiro atoms. The molecule has 2 aliphatic rings. The van der Waals surface area contributed by atoms with Gasteiger partial charge >= 0.3 is 0 Å². The third-order valence-electron chi connectivity index (χ3n) is 7.99. The lowest BCUT2D eigenvalue weighted by molar-refractivity contribution is -0.135. The first-order chi connectivity index (χ1) is 15.1. The van der Waals surface area contributed by atoms with Gasteiger partial charge in [0.05, 0.1) is 6.04 Å². The minimum atomic E-state index is -0.0604. The van der Waals surface area contributed by atoms with Gasteiger partial charge in [-0.25, -0.2) is 0 Å². The molecule has 162 valence electrons. The number of amides is 1.